The predicted octanol–water partition coefficient (Wildman–Crippen LogP) is 6.14. The van der Waals surface area contributed by atoms with Crippen LogP contribution in [0.2, 0.25) is 10.2 Å². The van der Waals surface area contributed by atoms with Crippen LogP contribution in [0.25, 0.3) is 33.2 Å². The number of aromatic nitrogens is 3. The molecule has 2 aromatic carbocycles. The van der Waals surface area contributed by atoms with Crippen molar-refractivity contribution in [3.05, 3.63) is 58.8 Å². The molecule has 120 valence electrons. The highest BCUT2D eigenvalue weighted by atomic mass is 35.5. The first-order valence-corrected chi connectivity index (χ1v) is 8.53. The molecule has 4 aromatic rings. The van der Waals surface area contributed by atoms with Gasteiger partial charge >= 0.3 is 0 Å². The lowest BCUT2D eigenvalue weighted by Crippen LogP contribution is -1.97. The van der Waals surface area contributed by atoms with Crippen molar-refractivity contribution < 1.29 is 0 Å². The summed E-state index contributed by atoms with van der Waals surface area (Å²) in [5.74, 6) is 0. The molecule has 0 aliphatic carbocycles. The number of fused-ring (bicyclic) bond motifs is 2. The van der Waals surface area contributed by atoms with Gasteiger partial charge in [0.15, 0.2) is 5.15 Å². The van der Waals surface area contributed by atoms with E-state index in [-0.39, 0.29) is 0 Å². The summed E-state index contributed by atoms with van der Waals surface area (Å²) in [7, 11) is 0. The average molecular weight is 356 g/mol. The first kappa shape index (κ1) is 15.4. The summed E-state index contributed by atoms with van der Waals surface area (Å²) in [5, 5.41) is 2.19. The highest BCUT2D eigenvalue weighted by Gasteiger charge is 2.17. The van der Waals surface area contributed by atoms with E-state index in [4.69, 9.17) is 28.2 Å². The molecule has 0 N–H and O–H groups in total. The Labute approximate surface area is 149 Å². The molecule has 0 unspecified atom stereocenters. The lowest BCUT2D eigenvalue weighted by atomic mass is 10.1. The first-order chi connectivity index (χ1) is 11.5. The van der Waals surface area contributed by atoms with Gasteiger partial charge in [-0.3, -0.25) is 0 Å². The molecule has 0 bridgehead atoms. The summed E-state index contributed by atoms with van der Waals surface area (Å²) in [6.45, 7) is 4.27. The number of halogens is 2. The minimum Gasteiger partial charge on any atom is -0.344 e. The smallest absolute Gasteiger partial charge is 0.156 e. The van der Waals surface area contributed by atoms with Crippen molar-refractivity contribution in [2.75, 3.05) is 0 Å². The second kappa shape index (κ2) is 5.76. The summed E-state index contributed by atoms with van der Waals surface area (Å²) in [6.07, 6.45) is 2.08. The van der Waals surface area contributed by atoms with Gasteiger partial charge in [0.2, 0.25) is 0 Å². The second-order valence-electron chi connectivity index (χ2n) is 6.06. The minimum absolute atomic E-state index is 0.298. The molecule has 0 aliphatic heterocycles. The molecule has 0 spiro atoms. The number of para-hydroxylation sites is 2. The summed E-state index contributed by atoms with van der Waals surface area (Å²) in [5.41, 5.74) is 4.36. The zero-order chi connectivity index (χ0) is 16.8. The maximum absolute atomic E-state index is 6.45. The van der Waals surface area contributed by atoms with Gasteiger partial charge in [0.05, 0.1) is 16.6 Å². The van der Waals surface area contributed by atoms with Gasteiger partial charge in [0.1, 0.15) is 5.69 Å². The third-order valence-electron chi connectivity index (χ3n) is 4.14. The van der Waals surface area contributed by atoms with Gasteiger partial charge in [0, 0.05) is 28.2 Å². The Morgan fingerprint density at radius 1 is 0.958 bits per heavy atom. The van der Waals surface area contributed by atoms with E-state index < -0.39 is 0 Å². The van der Waals surface area contributed by atoms with E-state index in [1.165, 1.54) is 0 Å². The summed E-state index contributed by atoms with van der Waals surface area (Å²) in [6, 6.07) is 13.9. The van der Waals surface area contributed by atoms with Crippen LogP contribution in [-0.4, -0.2) is 14.5 Å². The predicted molar refractivity (Wildman–Crippen MR) is 101 cm³/mol. The Morgan fingerprint density at radius 2 is 1.67 bits per heavy atom. The molecule has 5 heteroatoms. The van der Waals surface area contributed by atoms with Gasteiger partial charge in [-0.2, -0.15) is 0 Å². The SMILES string of the molecule is CC(C)n1cc(-c2nc3ccccc3nc2Cl)c2ccc(Cl)cc21. The molecule has 3 nitrogen and oxygen atoms in total. The summed E-state index contributed by atoms with van der Waals surface area (Å²) >= 11 is 12.6. The van der Waals surface area contributed by atoms with E-state index in [9.17, 15) is 0 Å². The van der Waals surface area contributed by atoms with E-state index in [2.05, 4.69) is 29.6 Å². The van der Waals surface area contributed by atoms with E-state index in [0.29, 0.717) is 21.9 Å². The fraction of sp³-hybridized carbons (Fsp3) is 0.158. The van der Waals surface area contributed by atoms with Crippen LogP contribution in [0.15, 0.2) is 48.7 Å². The van der Waals surface area contributed by atoms with E-state index >= 15 is 0 Å². The third kappa shape index (κ3) is 2.45. The van der Waals surface area contributed by atoms with Gasteiger partial charge < -0.3 is 4.57 Å². The molecular formula is C19H15Cl2N3. The molecule has 0 radical (unpaired) electrons. The van der Waals surface area contributed by atoms with Gasteiger partial charge in [-0.1, -0.05) is 41.4 Å². The van der Waals surface area contributed by atoms with Crippen molar-refractivity contribution in [1.82, 2.24) is 14.5 Å². The Morgan fingerprint density at radius 3 is 2.38 bits per heavy atom. The fourth-order valence-corrected chi connectivity index (χ4v) is 3.39. The Kier molecular flexibility index (Phi) is 3.70. The fourth-order valence-electron chi connectivity index (χ4n) is 2.99. The summed E-state index contributed by atoms with van der Waals surface area (Å²) < 4.78 is 2.18. The molecular weight excluding hydrogens is 341 g/mol. The van der Waals surface area contributed by atoms with Gasteiger partial charge in [-0.15, -0.1) is 0 Å². The van der Waals surface area contributed by atoms with Gasteiger partial charge in [0.25, 0.3) is 0 Å². The lowest BCUT2D eigenvalue weighted by Gasteiger charge is -2.08. The van der Waals surface area contributed by atoms with Crippen LogP contribution in [0.3, 0.4) is 0 Å². The zero-order valence-corrected chi connectivity index (χ0v) is 14.8. The van der Waals surface area contributed by atoms with Gasteiger partial charge in [-0.25, -0.2) is 9.97 Å². The maximum Gasteiger partial charge on any atom is 0.156 e. The second-order valence-corrected chi connectivity index (χ2v) is 6.85. The molecule has 0 fully saturated rings. The van der Waals surface area contributed by atoms with E-state index in [1.54, 1.807) is 0 Å². The van der Waals surface area contributed by atoms with Crippen LogP contribution in [0.4, 0.5) is 0 Å². The van der Waals surface area contributed by atoms with Crippen molar-refractivity contribution in [2.45, 2.75) is 19.9 Å². The molecule has 0 atom stereocenters. The zero-order valence-electron chi connectivity index (χ0n) is 13.3. The van der Waals surface area contributed by atoms with Crippen LogP contribution >= 0.6 is 23.2 Å². The number of hydrogen-bond donors (Lipinski definition) is 0. The highest BCUT2D eigenvalue weighted by Crippen LogP contribution is 2.36. The lowest BCUT2D eigenvalue weighted by molar-refractivity contribution is 0.623. The van der Waals surface area contributed by atoms with Crippen molar-refractivity contribution in [3.8, 4) is 11.3 Å². The third-order valence-corrected chi connectivity index (χ3v) is 4.63. The van der Waals surface area contributed by atoms with Crippen molar-refractivity contribution in [3.63, 3.8) is 0 Å². The largest absolute Gasteiger partial charge is 0.344 e. The van der Waals surface area contributed by atoms with Crippen molar-refractivity contribution in [1.29, 1.82) is 0 Å². The number of rotatable bonds is 2. The number of hydrogen-bond acceptors (Lipinski definition) is 2. The van der Waals surface area contributed by atoms with Crippen molar-refractivity contribution in [2.24, 2.45) is 0 Å². The van der Waals surface area contributed by atoms with Crippen LogP contribution in [0.5, 0.6) is 0 Å². The topological polar surface area (TPSA) is 30.7 Å². The van der Waals surface area contributed by atoms with Crippen LogP contribution in [0.1, 0.15) is 19.9 Å². The van der Waals surface area contributed by atoms with Crippen LogP contribution < -0.4 is 0 Å². The molecule has 4 rings (SSSR count). The monoisotopic (exact) mass is 355 g/mol. The van der Waals surface area contributed by atoms with E-state index in [1.807, 2.05) is 42.5 Å². The maximum atomic E-state index is 6.45. The van der Waals surface area contributed by atoms with E-state index in [0.717, 1.165) is 27.5 Å². The van der Waals surface area contributed by atoms with Crippen LogP contribution in [-0.2, 0) is 0 Å². The summed E-state index contributed by atoms with van der Waals surface area (Å²) in [4.78, 5) is 9.25. The molecule has 2 aromatic heterocycles. The molecule has 2 heterocycles. The Balaban J connectivity index is 2.05. The van der Waals surface area contributed by atoms with Crippen LogP contribution in [0, 0.1) is 0 Å². The minimum atomic E-state index is 0.298. The standard InChI is InChI=1S/C19H15Cl2N3/c1-11(2)24-10-14(13-8-7-12(20)9-17(13)24)18-19(21)23-16-6-4-3-5-15(16)22-18/h3-11H,1-2H3. The molecule has 0 amide bonds. The first-order valence-electron chi connectivity index (χ1n) is 7.77. The quantitative estimate of drug-likeness (QED) is 0.432. The molecule has 0 saturated carbocycles. The number of nitrogens with zero attached hydrogens (tertiary/aromatic N) is 3. The average Bonchev–Trinajstić information content (AvgIpc) is 2.93. The normalized spacial score (nSPS) is 11.7. The highest BCUT2D eigenvalue weighted by molar-refractivity contribution is 6.33. The molecule has 0 aliphatic rings. The Bertz CT molecular complexity index is 1070. The molecule has 0 saturated heterocycles. The van der Waals surface area contributed by atoms with Gasteiger partial charge in [-0.05, 0) is 38.1 Å². The van der Waals surface area contributed by atoms with Crippen molar-refractivity contribution >= 4 is 45.1 Å². The molecule has 24 heavy (non-hydrogen) atoms. The Hall–Kier alpha value is -2.10. The number of benzene rings is 2.